The molecule has 0 bridgehead atoms. The molecule has 1 aromatic heterocycles. The molecular weight excluding hydrogens is 332 g/mol. The molecule has 9 heteroatoms. The Morgan fingerprint density at radius 2 is 2.08 bits per heavy atom. The average Bonchev–Trinajstić information content (AvgIpc) is 2.87. The molecule has 1 aliphatic heterocycles. The number of carboxylic acids is 1. The molecule has 138 valence electrons. The summed E-state index contributed by atoms with van der Waals surface area (Å²) in [6, 6.07) is 0. The Labute approximate surface area is 143 Å². The maximum Gasteiger partial charge on any atom is 0.336 e. The Bertz CT molecular complexity index is 811. The molecule has 0 radical (unpaired) electrons. The highest BCUT2D eigenvalue weighted by molar-refractivity contribution is 5.86. The molecule has 0 amide bonds. The van der Waals surface area contributed by atoms with Crippen molar-refractivity contribution in [2.24, 2.45) is 5.41 Å². The second-order valence-electron chi connectivity index (χ2n) is 6.39. The average molecular weight is 354 g/mol. The van der Waals surface area contributed by atoms with E-state index in [9.17, 15) is 24.3 Å². The Morgan fingerprint density at radius 1 is 1.44 bits per heavy atom. The predicted molar refractivity (Wildman–Crippen MR) is 86.2 cm³/mol. The quantitative estimate of drug-likeness (QED) is 0.730. The minimum Gasteiger partial charge on any atom is -0.481 e. The number of carbonyl (C=O) groups excluding carboxylic acids is 1. The number of aromatic nitrogens is 2. The molecule has 1 aliphatic rings. The van der Waals surface area contributed by atoms with Crippen molar-refractivity contribution in [2.45, 2.75) is 52.4 Å². The second-order valence-corrected chi connectivity index (χ2v) is 6.39. The van der Waals surface area contributed by atoms with Crippen LogP contribution < -0.4 is 11.2 Å². The number of esters is 1. The third-order valence-corrected chi connectivity index (χ3v) is 4.66. The monoisotopic (exact) mass is 354 g/mol. The standard InChI is InChI=1S/C16H22N2O7/c1-5-16(18-7-9(3)11(19)17-14(18)23)8-15(4,13(21)22)10(25-16)12(20)24-6-2/h7,10H,5-6,8H2,1-4H3,(H,21,22)(H,17,19,23). The van der Waals surface area contributed by atoms with Gasteiger partial charge < -0.3 is 14.6 Å². The van der Waals surface area contributed by atoms with E-state index in [1.807, 2.05) is 0 Å². The minimum absolute atomic E-state index is 0.0746. The lowest BCUT2D eigenvalue weighted by molar-refractivity contribution is -0.177. The third kappa shape index (κ3) is 2.99. The number of aryl methyl sites for hydroxylation is 1. The van der Waals surface area contributed by atoms with Gasteiger partial charge in [0.1, 0.15) is 5.41 Å². The number of nitrogens with zero attached hydrogens (tertiary/aromatic N) is 1. The van der Waals surface area contributed by atoms with Crippen LogP contribution in [0.1, 0.15) is 39.2 Å². The maximum atomic E-state index is 12.3. The first-order chi connectivity index (χ1) is 11.6. The molecule has 1 aromatic rings. The molecule has 0 saturated carbocycles. The Morgan fingerprint density at radius 3 is 2.60 bits per heavy atom. The second kappa shape index (κ2) is 6.47. The molecule has 2 N–H and O–H groups in total. The van der Waals surface area contributed by atoms with Crippen LogP contribution in [0.3, 0.4) is 0 Å². The molecule has 1 saturated heterocycles. The SMILES string of the molecule is CCOC(=O)C1OC(CC)(n2cc(C)c(=O)[nH]c2=O)CC1(C)C(=O)O. The van der Waals surface area contributed by atoms with Crippen LogP contribution in [-0.2, 0) is 24.8 Å². The number of rotatable bonds is 5. The molecule has 25 heavy (non-hydrogen) atoms. The molecule has 0 aromatic carbocycles. The van der Waals surface area contributed by atoms with Gasteiger partial charge in [-0.05, 0) is 27.2 Å². The number of carbonyl (C=O) groups is 2. The number of H-pyrrole nitrogens is 1. The summed E-state index contributed by atoms with van der Waals surface area (Å²) in [5, 5.41) is 9.67. The predicted octanol–water partition coefficient (Wildman–Crippen LogP) is 0.351. The Kier molecular flexibility index (Phi) is 4.90. The van der Waals surface area contributed by atoms with E-state index >= 15 is 0 Å². The van der Waals surface area contributed by atoms with Crippen LogP contribution in [0.25, 0.3) is 0 Å². The van der Waals surface area contributed by atoms with Crippen molar-refractivity contribution in [3.05, 3.63) is 32.6 Å². The highest BCUT2D eigenvalue weighted by Gasteiger charge is 2.61. The molecule has 0 spiro atoms. The van der Waals surface area contributed by atoms with Gasteiger partial charge in [0, 0.05) is 18.2 Å². The lowest BCUT2D eigenvalue weighted by atomic mass is 9.79. The van der Waals surface area contributed by atoms with Gasteiger partial charge >= 0.3 is 17.6 Å². The van der Waals surface area contributed by atoms with Gasteiger partial charge in [0.2, 0.25) is 0 Å². The fourth-order valence-corrected chi connectivity index (χ4v) is 3.16. The highest BCUT2D eigenvalue weighted by Crippen LogP contribution is 2.48. The van der Waals surface area contributed by atoms with Crippen LogP contribution in [0.4, 0.5) is 0 Å². The van der Waals surface area contributed by atoms with E-state index in [1.54, 1.807) is 13.8 Å². The zero-order valence-corrected chi connectivity index (χ0v) is 14.6. The van der Waals surface area contributed by atoms with Crippen molar-refractivity contribution >= 4 is 11.9 Å². The molecule has 3 unspecified atom stereocenters. The van der Waals surface area contributed by atoms with Gasteiger partial charge in [0.15, 0.2) is 11.8 Å². The zero-order chi connectivity index (χ0) is 19.0. The van der Waals surface area contributed by atoms with Gasteiger partial charge in [-0.25, -0.2) is 9.59 Å². The number of aromatic amines is 1. The Balaban J connectivity index is 2.62. The van der Waals surface area contributed by atoms with Crippen molar-refractivity contribution in [1.82, 2.24) is 9.55 Å². The van der Waals surface area contributed by atoms with Gasteiger partial charge in [-0.1, -0.05) is 6.92 Å². The molecule has 0 aliphatic carbocycles. The van der Waals surface area contributed by atoms with Crippen LogP contribution in [0.2, 0.25) is 0 Å². The first-order valence-corrected chi connectivity index (χ1v) is 8.02. The van der Waals surface area contributed by atoms with E-state index in [1.165, 1.54) is 20.0 Å². The van der Waals surface area contributed by atoms with Crippen molar-refractivity contribution in [1.29, 1.82) is 0 Å². The van der Waals surface area contributed by atoms with E-state index in [4.69, 9.17) is 9.47 Å². The summed E-state index contributed by atoms with van der Waals surface area (Å²) in [6.07, 6.45) is 0.0438. The fraction of sp³-hybridized carbons (Fsp3) is 0.625. The molecule has 1 fully saturated rings. The van der Waals surface area contributed by atoms with Crippen molar-refractivity contribution in [2.75, 3.05) is 6.61 Å². The van der Waals surface area contributed by atoms with Crippen molar-refractivity contribution in [3.8, 4) is 0 Å². The van der Waals surface area contributed by atoms with E-state index in [-0.39, 0.29) is 25.0 Å². The first kappa shape index (κ1) is 18.9. The minimum atomic E-state index is -1.58. The topological polar surface area (TPSA) is 128 Å². The summed E-state index contributed by atoms with van der Waals surface area (Å²) in [7, 11) is 0. The molecule has 9 nitrogen and oxygen atoms in total. The van der Waals surface area contributed by atoms with E-state index in [2.05, 4.69) is 4.98 Å². The van der Waals surface area contributed by atoms with Gasteiger partial charge in [-0.15, -0.1) is 0 Å². The maximum absolute atomic E-state index is 12.3. The van der Waals surface area contributed by atoms with Gasteiger partial charge in [-0.3, -0.25) is 19.1 Å². The number of ether oxygens (including phenoxy) is 2. The largest absolute Gasteiger partial charge is 0.481 e. The molecule has 2 rings (SSSR count). The van der Waals surface area contributed by atoms with Crippen LogP contribution >= 0.6 is 0 Å². The first-order valence-electron chi connectivity index (χ1n) is 8.02. The molecular formula is C16H22N2O7. The fourth-order valence-electron chi connectivity index (χ4n) is 3.16. The molecule has 3 atom stereocenters. The van der Waals surface area contributed by atoms with Crippen LogP contribution in [0.5, 0.6) is 0 Å². The number of aliphatic carboxylic acids is 1. The number of hydrogen-bond donors (Lipinski definition) is 2. The van der Waals surface area contributed by atoms with Crippen molar-refractivity contribution < 1.29 is 24.2 Å². The third-order valence-electron chi connectivity index (χ3n) is 4.66. The zero-order valence-electron chi connectivity index (χ0n) is 14.6. The summed E-state index contributed by atoms with van der Waals surface area (Å²) in [5.74, 6) is -2.02. The number of hydrogen-bond acceptors (Lipinski definition) is 6. The van der Waals surface area contributed by atoms with Gasteiger partial charge in [0.05, 0.1) is 6.61 Å². The summed E-state index contributed by atoms with van der Waals surface area (Å²) in [4.78, 5) is 50.2. The van der Waals surface area contributed by atoms with E-state index in [0.29, 0.717) is 0 Å². The highest BCUT2D eigenvalue weighted by atomic mass is 16.6. The lowest BCUT2D eigenvalue weighted by Gasteiger charge is -2.30. The van der Waals surface area contributed by atoms with Crippen molar-refractivity contribution in [3.63, 3.8) is 0 Å². The van der Waals surface area contributed by atoms with Crippen LogP contribution in [-0.4, -0.2) is 39.3 Å². The lowest BCUT2D eigenvalue weighted by Crippen LogP contribution is -2.45. The number of carboxylic acid groups (broad SMARTS) is 1. The summed E-state index contributed by atoms with van der Waals surface area (Å²) in [5.41, 5.74) is -3.95. The summed E-state index contributed by atoms with van der Waals surface area (Å²) in [6.45, 7) is 6.30. The van der Waals surface area contributed by atoms with E-state index < -0.39 is 40.4 Å². The molecule has 2 heterocycles. The van der Waals surface area contributed by atoms with Gasteiger partial charge in [0.25, 0.3) is 5.56 Å². The smallest absolute Gasteiger partial charge is 0.336 e. The van der Waals surface area contributed by atoms with Crippen LogP contribution in [0.15, 0.2) is 15.8 Å². The normalized spacial score (nSPS) is 28.7. The van der Waals surface area contributed by atoms with Gasteiger partial charge in [-0.2, -0.15) is 0 Å². The summed E-state index contributed by atoms with van der Waals surface area (Å²) >= 11 is 0. The Hall–Kier alpha value is -2.42. The van der Waals surface area contributed by atoms with E-state index in [0.717, 1.165) is 4.57 Å². The number of nitrogens with one attached hydrogen (secondary N) is 1. The van der Waals surface area contributed by atoms with Crippen LogP contribution in [0, 0.1) is 12.3 Å². The summed E-state index contributed by atoms with van der Waals surface area (Å²) < 4.78 is 11.9.